The van der Waals surface area contributed by atoms with Gasteiger partial charge in [0.1, 0.15) is 0 Å². The van der Waals surface area contributed by atoms with Crippen LogP contribution in [0.25, 0.3) is 0 Å². The minimum absolute atomic E-state index is 1.22. The third-order valence-electron chi connectivity index (χ3n) is 3.19. The zero-order valence-electron chi connectivity index (χ0n) is 12.9. The number of rotatable bonds is 12. The van der Waals surface area contributed by atoms with Crippen molar-refractivity contribution in [1.29, 1.82) is 0 Å². The van der Waals surface area contributed by atoms with Gasteiger partial charge in [-0.05, 0) is 0 Å². The van der Waals surface area contributed by atoms with Crippen LogP contribution in [0.5, 0.6) is 0 Å². The quantitative estimate of drug-likeness (QED) is 0.302. The zero-order valence-corrected chi connectivity index (χ0v) is 19.3. The Morgan fingerprint density at radius 2 is 1.50 bits per heavy atom. The van der Waals surface area contributed by atoms with E-state index in [-0.39, 0.29) is 0 Å². The van der Waals surface area contributed by atoms with E-state index < -0.39 is 37.8 Å². The van der Waals surface area contributed by atoms with Crippen LogP contribution < -0.4 is 0 Å². The molecule has 0 aliphatic carbocycles. The molecule has 1 unspecified atom stereocenters. The van der Waals surface area contributed by atoms with Gasteiger partial charge in [0.2, 0.25) is 0 Å². The molecule has 109 valence electrons. The topological polar surface area (TPSA) is 9.23 Å². The van der Waals surface area contributed by atoms with Gasteiger partial charge in [-0.3, -0.25) is 0 Å². The SMILES string of the molecule is CCC[CH2][Sn]([CH2]CC)[O][Sn]([Cl])([CH2]CC)[CH2]CCC. The molecule has 1 nitrogen and oxygen atoms in total. The molecule has 0 rings (SSSR count). The summed E-state index contributed by atoms with van der Waals surface area (Å²) in [4.78, 5) is 0. The van der Waals surface area contributed by atoms with Crippen LogP contribution in [0.3, 0.4) is 0 Å². The van der Waals surface area contributed by atoms with Crippen LogP contribution in [-0.2, 0) is 1.41 Å². The predicted octanol–water partition coefficient (Wildman–Crippen LogP) is 6.10. The second-order valence-electron chi connectivity index (χ2n) is 5.23. The maximum absolute atomic E-state index is 6.96. The van der Waals surface area contributed by atoms with Crippen LogP contribution in [0.15, 0.2) is 0 Å². The molecule has 18 heavy (non-hydrogen) atoms. The van der Waals surface area contributed by atoms with E-state index in [1.165, 1.54) is 56.3 Å². The third kappa shape index (κ3) is 9.70. The van der Waals surface area contributed by atoms with E-state index >= 15 is 0 Å². The molecule has 0 aromatic rings. The van der Waals surface area contributed by atoms with Gasteiger partial charge in [0.25, 0.3) is 0 Å². The predicted molar refractivity (Wildman–Crippen MR) is 88.1 cm³/mol. The first-order valence-corrected chi connectivity index (χ1v) is 21.9. The Balaban J connectivity index is 4.36. The van der Waals surface area contributed by atoms with E-state index in [4.69, 9.17) is 10.3 Å². The number of halogens is 1. The van der Waals surface area contributed by atoms with Crippen molar-refractivity contribution in [3.8, 4) is 0 Å². The van der Waals surface area contributed by atoms with Gasteiger partial charge < -0.3 is 0 Å². The van der Waals surface area contributed by atoms with Gasteiger partial charge in [0, 0.05) is 0 Å². The standard InChI is InChI=1S/2C4H9.2C3H7.ClH.O.2Sn/c2*1-3-4-2;2*1-3-2;;;;/h2*1,3-4H2,2H3;2*1,3H2,2H3;1H;;;/q;;;;;;;+1/p-1. The van der Waals surface area contributed by atoms with E-state index in [2.05, 4.69) is 27.7 Å². The van der Waals surface area contributed by atoms with Gasteiger partial charge in [-0.15, -0.1) is 0 Å². The first-order chi connectivity index (χ1) is 8.61. The summed E-state index contributed by atoms with van der Waals surface area (Å²) in [5.74, 6) is 0. The fourth-order valence-corrected chi connectivity index (χ4v) is 39.4. The molecular formula is C14H32ClOSn2. The van der Waals surface area contributed by atoms with Gasteiger partial charge in [-0.25, -0.2) is 0 Å². The second-order valence-corrected chi connectivity index (χ2v) is 28.2. The second kappa shape index (κ2) is 12.6. The van der Waals surface area contributed by atoms with E-state index in [1.807, 2.05) is 0 Å². The Labute approximate surface area is 131 Å². The Morgan fingerprint density at radius 3 is 2.00 bits per heavy atom. The molecule has 0 aromatic heterocycles. The summed E-state index contributed by atoms with van der Waals surface area (Å²) >= 11 is -4.24. The average molecular weight is 489 g/mol. The van der Waals surface area contributed by atoms with Crippen molar-refractivity contribution >= 4 is 46.8 Å². The number of hydrogen-bond acceptors (Lipinski definition) is 1. The molecular weight excluding hydrogens is 457 g/mol. The van der Waals surface area contributed by atoms with Crippen molar-refractivity contribution in [3.05, 3.63) is 0 Å². The molecule has 0 aliphatic heterocycles. The Morgan fingerprint density at radius 1 is 0.833 bits per heavy atom. The maximum atomic E-state index is 6.96. The summed E-state index contributed by atoms with van der Waals surface area (Å²) in [6.45, 7) is 9.11. The molecule has 0 N–H and O–H groups in total. The minimum atomic E-state index is -2.65. The molecule has 4 heteroatoms. The molecule has 1 radical (unpaired) electrons. The van der Waals surface area contributed by atoms with E-state index in [0.29, 0.717) is 0 Å². The van der Waals surface area contributed by atoms with Crippen LogP contribution in [0.2, 0.25) is 17.7 Å². The van der Waals surface area contributed by atoms with Crippen molar-refractivity contribution in [2.24, 2.45) is 0 Å². The molecule has 1 atom stereocenters. The Hall–Kier alpha value is 1.85. The number of hydrogen-bond donors (Lipinski definition) is 0. The summed E-state index contributed by atoms with van der Waals surface area (Å²) in [7, 11) is 6.96. The first kappa shape index (κ1) is 19.8. The Bertz CT molecular complexity index is 193. The van der Waals surface area contributed by atoms with Gasteiger partial charge in [-0.2, -0.15) is 0 Å². The first-order valence-electron chi connectivity index (χ1n) is 7.84. The van der Waals surface area contributed by atoms with E-state index in [0.717, 1.165) is 0 Å². The molecule has 0 amide bonds. The van der Waals surface area contributed by atoms with Gasteiger partial charge in [0.15, 0.2) is 0 Å². The molecule has 0 heterocycles. The molecule has 0 aliphatic rings. The van der Waals surface area contributed by atoms with Crippen LogP contribution in [-0.4, -0.2) is 37.8 Å². The normalized spacial score (nSPS) is 15.0. The fraction of sp³-hybridized carbons (Fsp3) is 1.00. The van der Waals surface area contributed by atoms with Crippen molar-refractivity contribution < 1.29 is 1.41 Å². The van der Waals surface area contributed by atoms with E-state index in [1.54, 1.807) is 0 Å². The molecule has 0 aromatic carbocycles. The van der Waals surface area contributed by atoms with Crippen LogP contribution in [0.1, 0.15) is 66.2 Å². The van der Waals surface area contributed by atoms with Crippen molar-refractivity contribution in [1.82, 2.24) is 0 Å². The van der Waals surface area contributed by atoms with Gasteiger partial charge >= 0.3 is 132 Å². The summed E-state index contributed by atoms with van der Waals surface area (Å²) < 4.78 is 12.0. The van der Waals surface area contributed by atoms with Crippen LogP contribution >= 0.6 is 8.92 Å². The molecule has 0 spiro atoms. The summed E-state index contributed by atoms with van der Waals surface area (Å²) in [6.07, 6.45) is 7.75. The summed E-state index contributed by atoms with van der Waals surface area (Å²) in [5, 5.41) is 0. The number of unbranched alkanes of at least 4 members (excludes halogenated alkanes) is 2. The zero-order chi connectivity index (χ0) is 13.9. The van der Waals surface area contributed by atoms with Crippen LogP contribution in [0, 0.1) is 0 Å². The third-order valence-corrected chi connectivity index (χ3v) is 35.9. The van der Waals surface area contributed by atoms with Gasteiger partial charge in [0.05, 0.1) is 0 Å². The van der Waals surface area contributed by atoms with Crippen molar-refractivity contribution in [2.75, 3.05) is 0 Å². The van der Waals surface area contributed by atoms with Gasteiger partial charge in [-0.1, -0.05) is 0 Å². The fourth-order valence-electron chi connectivity index (χ4n) is 2.18. The molecule has 0 bridgehead atoms. The summed E-state index contributed by atoms with van der Waals surface area (Å²) in [5.41, 5.74) is 0. The molecule has 0 saturated heterocycles. The monoisotopic (exact) mass is 491 g/mol. The molecule has 0 fully saturated rings. The van der Waals surface area contributed by atoms with Crippen LogP contribution in [0.4, 0.5) is 0 Å². The average Bonchev–Trinajstić information content (AvgIpc) is 2.34. The Kier molecular flexibility index (Phi) is 13.9. The van der Waals surface area contributed by atoms with E-state index in [9.17, 15) is 0 Å². The van der Waals surface area contributed by atoms with Crippen molar-refractivity contribution in [2.45, 2.75) is 84.0 Å². The summed E-state index contributed by atoms with van der Waals surface area (Å²) in [6, 6.07) is 0. The van der Waals surface area contributed by atoms with Crippen molar-refractivity contribution in [3.63, 3.8) is 0 Å². The molecule has 0 saturated carbocycles.